The molecule has 3 aliphatic rings. The van der Waals surface area contributed by atoms with Crippen molar-refractivity contribution in [2.75, 3.05) is 13.7 Å². The highest BCUT2D eigenvalue weighted by molar-refractivity contribution is 5.91. The second-order valence-electron chi connectivity index (χ2n) is 10.3. The largest absolute Gasteiger partial charge is 0.482 e. The zero-order valence-corrected chi connectivity index (χ0v) is 21.4. The second-order valence-corrected chi connectivity index (χ2v) is 10.3. The topological polar surface area (TPSA) is 88.1 Å². The van der Waals surface area contributed by atoms with Gasteiger partial charge in [-0.3, -0.25) is 0 Å². The van der Waals surface area contributed by atoms with Crippen LogP contribution < -0.4 is 4.74 Å². The van der Waals surface area contributed by atoms with E-state index in [1.165, 1.54) is 24.8 Å². The predicted molar refractivity (Wildman–Crippen MR) is 133 cm³/mol. The molecule has 0 spiro atoms. The van der Waals surface area contributed by atoms with E-state index in [2.05, 4.69) is 13.0 Å². The number of fused-ring (bicyclic) bond motifs is 4. The van der Waals surface area contributed by atoms with Crippen molar-refractivity contribution in [3.05, 3.63) is 41.5 Å². The van der Waals surface area contributed by atoms with Gasteiger partial charge >= 0.3 is 17.9 Å². The highest BCUT2D eigenvalue weighted by Crippen LogP contribution is 2.49. The summed E-state index contributed by atoms with van der Waals surface area (Å²) in [4.78, 5) is 36.4. The maximum absolute atomic E-state index is 12.6. The number of carbonyl (C=O) groups excluding carboxylic acids is 3. The van der Waals surface area contributed by atoms with Crippen molar-refractivity contribution < 1.29 is 33.3 Å². The molecule has 7 nitrogen and oxygen atoms in total. The first-order valence-electron chi connectivity index (χ1n) is 13.4. The van der Waals surface area contributed by atoms with Crippen LogP contribution in [0, 0.1) is 17.8 Å². The van der Waals surface area contributed by atoms with Crippen LogP contribution in [0.15, 0.2) is 30.4 Å². The third-order valence-electron chi connectivity index (χ3n) is 7.99. The molecule has 0 saturated heterocycles. The van der Waals surface area contributed by atoms with Gasteiger partial charge in [-0.2, -0.15) is 0 Å². The molecule has 5 atom stereocenters. The fourth-order valence-corrected chi connectivity index (χ4v) is 6.24. The number of rotatable bonds is 7. The Morgan fingerprint density at radius 2 is 1.83 bits per heavy atom. The highest BCUT2D eigenvalue weighted by atomic mass is 16.6. The monoisotopic (exact) mass is 498 g/mol. The van der Waals surface area contributed by atoms with E-state index in [1.807, 2.05) is 12.1 Å². The zero-order chi connectivity index (χ0) is 25.5. The summed E-state index contributed by atoms with van der Waals surface area (Å²) in [6.07, 6.45) is 11.5. The highest BCUT2D eigenvalue weighted by Gasteiger charge is 2.47. The average molecular weight is 499 g/mol. The van der Waals surface area contributed by atoms with Crippen LogP contribution in [0.4, 0.5) is 0 Å². The summed E-state index contributed by atoms with van der Waals surface area (Å²) in [6, 6.07) is 6.01. The molecular formula is C29H38O7. The van der Waals surface area contributed by atoms with Crippen molar-refractivity contribution in [1.29, 1.82) is 0 Å². The summed E-state index contributed by atoms with van der Waals surface area (Å²) in [6.45, 7) is 2.05. The van der Waals surface area contributed by atoms with Gasteiger partial charge in [-0.1, -0.05) is 31.9 Å². The molecule has 36 heavy (non-hydrogen) atoms. The van der Waals surface area contributed by atoms with Gasteiger partial charge in [0.1, 0.15) is 18.0 Å². The lowest BCUT2D eigenvalue weighted by Gasteiger charge is -2.32. The third-order valence-corrected chi connectivity index (χ3v) is 7.99. The quantitative estimate of drug-likeness (QED) is 0.305. The molecule has 1 aliphatic heterocycles. The molecule has 2 aliphatic carbocycles. The Hall–Kier alpha value is -2.83. The number of cyclic esters (lactones) is 1. The van der Waals surface area contributed by atoms with Crippen molar-refractivity contribution in [2.45, 2.75) is 83.3 Å². The molecular weight excluding hydrogens is 460 g/mol. The van der Waals surface area contributed by atoms with Gasteiger partial charge in [0, 0.05) is 12.2 Å². The lowest BCUT2D eigenvalue weighted by Crippen LogP contribution is -2.29. The number of methoxy groups -OCH3 is 1. The van der Waals surface area contributed by atoms with Crippen LogP contribution in [-0.4, -0.2) is 43.8 Å². The van der Waals surface area contributed by atoms with Crippen LogP contribution in [0.2, 0.25) is 0 Å². The van der Waals surface area contributed by atoms with Gasteiger partial charge in [0.2, 0.25) is 0 Å². The van der Waals surface area contributed by atoms with Gasteiger partial charge < -0.3 is 18.9 Å². The van der Waals surface area contributed by atoms with Gasteiger partial charge in [0.25, 0.3) is 0 Å². The molecule has 0 N–H and O–H groups in total. The Morgan fingerprint density at radius 1 is 1.03 bits per heavy atom. The van der Waals surface area contributed by atoms with E-state index in [0.717, 1.165) is 75.5 Å². The summed E-state index contributed by atoms with van der Waals surface area (Å²) in [5.74, 6) is 0.424. The fourth-order valence-electron chi connectivity index (χ4n) is 6.24. The van der Waals surface area contributed by atoms with E-state index >= 15 is 0 Å². The van der Waals surface area contributed by atoms with Gasteiger partial charge in [0.05, 0.1) is 7.11 Å². The molecule has 1 saturated carbocycles. The van der Waals surface area contributed by atoms with Crippen LogP contribution >= 0.6 is 0 Å². The van der Waals surface area contributed by atoms with Crippen LogP contribution in [0.5, 0.6) is 5.75 Å². The van der Waals surface area contributed by atoms with Gasteiger partial charge in [-0.15, -0.1) is 0 Å². The van der Waals surface area contributed by atoms with Gasteiger partial charge in [-0.25, -0.2) is 14.4 Å². The number of carbonyl (C=O) groups is 3. The summed E-state index contributed by atoms with van der Waals surface area (Å²) < 4.78 is 22.1. The van der Waals surface area contributed by atoms with E-state index in [9.17, 15) is 14.4 Å². The van der Waals surface area contributed by atoms with Crippen LogP contribution in [-0.2, 0) is 41.4 Å². The molecule has 0 aromatic heterocycles. The maximum atomic E-state index is 12.6. The molecule has 0 amide bonds. The number of hydrogen-bond donors (Lipinski definition) is 0. The van der Waals surface area contributed by atoms with Gasteiger partial charge in [-0.05, 0) is 86.3 Å². The number of esters is 3. The smallest absolute Gasteiger partial charge is 0.343 e. The Kier molecular flexibility index (Phi) is 9.05. The van der Waals surface area contributed by atoms with Crippen LogP contribution in [0.3, 0.4) is 0 Å². The Balaban J connectivity index is 1.49. The van der Waals surface area contributed by atoms with E-state index in [4.69, 9.17) is 18.9 Å². The maximum Gasteiger partial charge on any atom is 0.343 e. The van der Waals surface area contributed by atoms with Crippen molar-refractivity contribution in [3.8, 4) is 5.75 Å². The van der Waals surface area contributed by atoms with Crippen LogP contribution in [0.1, 0.15) is 69.4 Å². The lowest BCUT2D eigenvalue weighted by molar-refractivity contribution is -0.148. The van der Waals surface area contributed by atoms with E-state index in [1.54, 1.807) is 0 Å². The number of unbranched alkanes of at least 4 members (excludes halogenated alkanes) is 2. The SMILES string of the molecule is CCCCC[C@H]1CCC[C@@H]2[C@H]3Cc4cccc(OCC(=O)OC)c4C[C@H]3C[C@H]2OC(=O)/C=C\C(=O)O1. The molecule has 1 aromatic carbocycles. The molecule has 196 valence electrons. The van der Waals surface area contributed by atoms with Crippen molar-refractivity contribution in [2.24, 2.45) is 17.8 Å². The van der Waals surface area contributed by atoms with Crippen molar-refractivity contribution >= 4 is 17.9 Å². The first-order chi connectivity index (χ1) is 17.5. The average Bonchev–Trinajstić information content (AvgIpc) is 3.19. The first-order valence-corrected chi connectivity index (χ1v) is 13.4. The number of benzene rings is 1. The van der Waals surface area contributed by atoms with Gasteiger partial charge in [0.15, 0.2) is 6.61 Å². The summed E-state index contributed by atoms with van der Waals surface area (Å²) in [7, 11) is 1.35. The molecule has 1 fully saturated rings. The van der Waals surface area contributed by atoms with E-state index in [-0.39, 0.29) is 24.7 Å². The summed E-state index contributed by atoms with van der Waals surface area (Å²) >= 11 is 0. The standard InChI is InChI=1S/C29H38O7/c1-3-4-5-9-21-10-7-11-22-23-15-19-8-6-12-25(34-18-29(32)33-2)24(19)16-20(23)17-26(22)36-28(31)14-13-27(30)35-21/h6,8,12-14,20-23,26H,3-5,7,9-11,15-18H2,1-2H3/b14-13-/t20-,21-,22+,23-,26+/m0/s1. The molecule has 1 heterocycles. The minimum atomic E-state index is -0.483. The number of ether oxygens (including phenoxy) is 4. The predicted octanol–water partition coefficient (Wildman–Crippen LogP) is 4.73. The first kappa shape index (κ1) is 26.2. The minimum absolute atomic E-state index is 0.110. The fraction of sp³-hybridized carbons (Fsp3) is 0.621. The summed E-state index contributed by atoms with van der Waals surface area (Å²) in [5, 5.41) is 0. The molecule has 0 unspecified atom stereocenters. The lowest BCUT2D eigenvalue weighted by atomic mass is 9.73. The molecule has 1 aromatic rings. The zero-order valence-electron chi connectivity index (χ0n) is 21.4. The molecule has 7 heteroatoms. The Labute approximate surface area is 213 Å². The molecule has 4 rings (SSSR count). The van der Waals surface area contributed by atoms with E-state index < -0.39 is 17.9 Å². The third kappa shape index (κ3) is 6.48. The summed E-state index contributed by atoms with van der Waals surface area (Å²) in [5.41, 5.74) is 2.38. The van der Waals surface area contributed by atoms with E-state index in [0.29, 0.717) is 11.8 Å². The Bertz CT molecular complexity index is 968. The normalized spacial score (nSPS) is 28.8. The molecule has 0 bridgehead atoms. The molecule has 0 radical (unpaired) electrons. The Morgan fingerprint density at radius 3 is 2.61 bits per heavy atom. The second kappa shape index (κ2) is 12.4. The van der Waals surface area contributed by atoms with Crippen molar-refractivity contribution in [3.63, 3.8) is 0 Å². The number of hydrogen-bond acceptors (Lipinski definition) is 7. The van der Waals surface area contributed by atoms with Crippen molar-refractivity contribution in [1.82, 2.24) is 0 Å². The van der Waals surface area contributed by atoms with Crippen LogP contribution in [0.25, 0.3) is 0 Å². The minimum Gasteiger partial charge on any atom is -0.482 e.